The summed E-state index contributed by atoms with van der Waals surface area (Å²) in [6.07, 6.45) is 3.73. The number of hydrogen-bond donors (Lipinski definition) is 0. The molecule has 4 aromatic heterocycles. The summed E-state index contributed by atoms with van der Waals surface area (Å²) in [4.78, 5) is 24.8. The van der Waals surface area contributed by atoms with Crippen LogP contribution in [0.1, 0.15) is 42.6 Å². The van der Waals surface area contributed by atoms with Crippen LogP contribution in [0.5, 0.6) is 0 Å². The van der Waals surface area contributed by atoms with Crippen LogP contribution in [-0.4, -0.2) is 53.4 Å². The highest BCUT2D eigenvalue weighted by Gasteiger charge is 2.20. The van der Waals surface area contributed by atoms with Gasteiger partial charge in [-0.05, 0) is 50.0 Å². The van der Waals surface area contributed by atoms with Gasteiger partial charge < -0.3 is 9.32 Å². The first-order valence-corrected chi connectivity index (χ1v) is 12.5. The highest BCUT2D eigenvalue weighted by atomic mass is 32.2. The van der Waals surface area contributed by atoms with Gasteiger partial charge in [0.25, 0.3) is 11.7 Å². The van der Waals surface area contributed by atoms with E-state index in [1.54, 1.807) is 20.8 Å². The van der Waals surface area contributed by atoms with E-state index in [1.807, 2.05) is 44.5 Å². The minimum Gasteiger partial charge on any atom is -0.418 e. The molecule has 0 atom stereocenters. The van der Waals surface area contributed by atoms with Crippen LogP contribution in [0.15, 0.2) is 27.1 Å². The minimum atomic E-state index is 0.0463. The Balaban J connectivity index is 1.46. The molecule has 0 spiro atoms. The molecule has 0 fully saturated rings. The van der Waals surface area contributed by atoms with Gasteiger partial charge in [0.05, 0.1) is 11.4 Å². The summed E-state index contributed by atoms with van der Waals surface area (Å²) in [5.41, 5.74) is 2.87. The lowest BCUT2D eigenvalue weighted by Gasteiger charge is -2.20. The second-order valence-electron chi connectivity index (χ2n) is 7.37. The van der Waals surface area contributed by atoms with Gasteiger partial charge in [0.2, 0.25) is 17.0 Å². The zero-order valence-corrected chi connectivity index (χ0v) is 20.2. The molecule has 168 valence electrons. The van der Waals surface area contributed by atoms with Gasteiger partial charge in [-0.2, -0.15) is 4.98 Å². The maximum Gasteiger partial charge on any atom is 0.257 e. The topological polar surface area (TPSA) is 102 Å². The second-order valence-corrected chi connectivity index (χ2v) is 9.09. The normalized spacial score (nSPS) is 11.4. The molecule has 0 radical (unpaired) electrons. The quantitative estimate of drug-likeness (QED) is 0.338. The van der Waals surface area contributed by atoms with Crippen molar-refractivity contribution in [2.75, 3.05) is 12.8 Å². The van der Waals surface area contributed by atoms with Gasteiger partial charge >= 0.3 is 0 Å². The van der Waals surface area contributed by atoms with Crippen LogP contribution in [0, 0.1) is 13.8 Å². The van der Waals surface area contributed by atoms with Crippen LogP contribution in [-0.2, 0) is 17.8 Å². The molecule has 9 nitrogen and oxygen atoms in total. The van der Waals surface area contributed by atoms with Crippen molar-refractivity contribution >= 4 is 34.8 Å². The minimum absolute atomic E-state index is 0.0463. The molecule has 32 heavy (non-hydrogen) atoms. The molecule has 4 aromatic rings. The van der Waals surface area contributed by atoms with E-state index in [1.165, 1.54) is 11.8 Å². The largest absolute Gasteiger partial charge is 0.418 e. The van der Waals surface area contributed by atoms with Crippen molar-refractivity contribution in [3.8, 4) is 10.8 Å². The SMILES string of the molecule is CCCN(Cc1nnc(-c2cccs2)o1)C(=O)CCc1c(C)nc2nc(SC)nn2c1C. The van der Waals surface area contributed by atoms with Crippen LogP contribution >= 0.6 is 23.1 Å². The Kier molecular flexibility index (Phi) is 6.85. The number of aryl methyl sites for hydroxylation is 2. The molecule has 0 saturated heterocycles. The van der Waals surface area contributed by atoms with E-state index in [0.717, 1.165) is 28.2 Å². The van der Waals surface area contributed by atoms with Crippen LogP contribution in [0.25, 0.3) is 16.5 Å². The molecular formula is C21H25N7O2S2. The molecule has 11 heteroatoms. The lowest BCUT2D eigenvalue weighted by Crippen LogP contribution is -2.31. The average molecular weight is 472 g/mol. The smallest absolute Gasteiger partial charge is 0.257 e. The number of amides is 1. The number of hydrogen-bond acceptors (Lipinski definition) is 9. The Morgan fingerprint density at radius 2 is 2.12 bits per heavy atom. The summed E-state index contributed by atoms with van der Waals surface area (Å²) >= 11 is 3.02. The first-order valence-electron chi connectivity index (χ1n) is 10.4. The second kappa shape index (κ2) is 9.78. The third-order valence-electron chi connectivity index (χ3n) is 5.17. The van der Waals surface area contributed by atoms with Crippen LogP contribution in [0.4, 0.5) is 0 Å². The van der Waals surface area contributed by atoms with Crippen molar-refractivity contribution in [1.29, 1.82) is 0 Å². The molecule has 0 aliphatic heterocycles. The third kappa shape index (κ3) is 4.68. The fraction of sp³-hybridized carbons (Fsp3) is 0.429. The first-order chi connectivity index (χ1) is 15.5. The fourth-order valence-electron chi connectivity index (χ4n) is 3.57. The number of nitrogens with zero attached hydrogens (tertiary/aromatic N) is 7. The highest BCUT2D eigenvalue weighted by Crippen LogP contribution is 2.24. The molecule has 0 unspecified atom stereocenters. The van der Waals surface area contributed by atoms with Gasteiger partial charge in [-0.1, -0.05) is 24.8 Å². The van der Waals surface area contributed by atoms with Gasteiger partial charge in [0.1, 0.15) is 0 Å². The van der Waals surface area contributed by atoms with Crippen LogP contribution in [0.2, 0.25) is 0 Å². The molecule has 1 amide bonds. The first kappa shape index (κ1) is 22.4. The molecule has 4 rings (SSSR count). The molecule has 0 aliphatic rings. The zero-order valence-electron chi connectivity index (χ0n) is 18.5. The maximum atomic E-state index is 13.1. The lowest BCUT2D eigenvalue weighted by molar-refractivity contribution is -0.132. The standard InChI is InChI=1S/C21H25N7O2S2/c1-5-10-27(12-17-24-25-19(30-17)16-7-6-11-32-16)18(29)9-8-15-13(2)22-20-23-21(31-4)26-28(20)14(15)3/h6-7,11H,5,8-10,12H2,1-4H3. The van der Waals surface area contributed by atoms with Gasteiger partial charge in [-0.3, -0.25) is 4.79 Å². The number of carbonyl (C=O) groups excluding carboxylic acids is 1. The predicted octanol–water partition coefficient (Wildman–Crippen LogP) is 3.95. The molecule has 0 aromatic carbocycles. The monoisotopic (exact) mass is 471 g/mol. The number of aromatic nitrogens is 6. The molecule has 4 heterocycles. The van der Waals surface area contributed by atoms with Crippen molar-refractivity contribution in [2.45, 2.75) is 51.7 Å². The zero-order chi connectivity index (χ0) is 22.7. The number of carbonyl (C=O) groups is 1. The summed E-state index contributed by atoms with van der Waals surface area (Å²) in [6, 6.07) is 3.87. The average Bonchev–Trinajstić information content (AvgIpc) is 3.53. The number of fused-ring (bicyclic) bond motifs is 1. The summed E-state index contributed by atoms with van der Waals surface area (Å²) in [5.74, 6) is 1.56. The third-order valence-corrected chi connectivity index (χ3v) is 6.57. The van der Waals surface area contributed by atoms with Crippen molar-refractivity contribution in [3.63, 3.8) is 0 Å². The van der Waals surface area contributed by atoms with Crippen molar-refractivity contribution in [1.82, 2.24) is 34.7 Å². The van der Waals surface area contributed by atoms with Gasteiger partial charge in [0, 0.05) is 24.4 Å². The highest BCUT2D eigenvalue weighted by molar-refractivity contribution is 7.98. The summed E-state index contributed by atoms with van der Waals surface area (Å²) < 4.78 is 7.54. The Hall–Kier alpha value is -2.79. The van der Waals surface area contributed by atoms with E-state index in [4.69, 9.17) is 4.42 Å². The van der Waals surface area contributed by atoms with E-state index in [0.29, 0.717) is 48.6 Å². The Morgan fingerprint density at radius 1 is 1.28 bits per heavy atom. The van der Waals surface area contributed by atoms with Crippen molar-refractivity contribution in [3.05, 3.63) is 40.4 Å². The molecule has 0 saturated carbocycles. The Morgan fingerprint density at radius 3 is 2.84 bits per heavy atom. The summed E-state index contributed by atoms with van der Waals surface area (Å²) in [7, 11) is 0. The lowest BCUT2D eigenvalue weighted by atomic mass is 10.1. The molecule has 0 aliphatic carbocycles. The maximum absolute atomic E-state index is 13.1. The van der Waals surface area contributed by atoms with Crippen LogP contribution in [0.3, 0.4) is 0 Å². The van der Waals surface area contributed by atoms with Gasteiger partial charge in [-0.25, -0.2) is 9.50 Å². The number of rotatable bonds is 9. The van der Waals surface area contributed by atoms with E-state index in [-0.39, 0.29) is 5.91 Å². The van der Waals surface area contributed by atoms with E-state index >= 15 is 0 Å². The Labute approximate surface area is 194 Å². The predicted molar refractivity (Wildman–Crippen MR) is 124 cm³/mol. The fourth-order valence-corrected chi connectivity index (χ4v) is 4.55. The summed E-state index contributed by atoms with van der Waals surface area (Å²) in [6.45, 7) is 6.93. The van der Waals surface area contributed by atoms with Crippen molar-refractivity contribution < 1.29 is 9.21 Å². The summed E-state index contributed by atoms with van der Waals surface area (Å²) in [5, 5.41) is 15.4. The molecule has 0 N–H and O–H groups in total. The van der Waals surface area contributed by atoms with Gasteiger partial charge in [-0.15, -0.1) is 26.6 Å². The van der Waals surface area contributed by atoms with Gasteiger partial charge in [0.15, 0.2) is 0 Å². The number of thioether (sulfide) groups is 1. The number of thiophene rings is 1. The van der Waals surface area contributed by atoms with Crippen LogP contribution < -0.4 is 0 Å². The van der Waals surface area contributed by atoms with E-state index in [9.17, 15) is 4.79 Å². The molecular weight excluding hydrogens is 446 g/mol. The van der Waals surface area contributed by atoms with E-state index in [2.05, 4.69) is 25.3 Å². The molecule has 0 bridgehead atoms. The van der Waals surface area contributed by atoms with Crippen molar-refractivity contribution in [2.24, 2.45) is 0 Å². The van der Waals surface area contributed by atoms with E-state index < -0.39 is 0 Å². The Bertz CT molecular complexity index is 1220.